The third-order valence-corrected chi connectivity index (χ3v) is 10.4. The highest BCUT2D eigenvalue weighted by molar-refractivity contribution is 5.92. The monoisotopic (exact) mass is 546 g/mol. The number of rotatable bonds is 7. The predicted molar refractivity (Wildman–Crippen MR) is 150 cm³/mol. The molecule has 2 heterocycles. The number of hydrogen-bond donors (Lipinski definition) is 2. The van der Waals surface area contributed by atoms with Crippen molar-refractivity contribution >= 4 is 12.0 Å². The second kappa shape index (κ2) is 9.14. The molecule has 2 aliphatic heterocycles. The minimum atomic E-state index is -0.966. The fourth-order valence-electron chi connectivity index (χ4n) is 8.26. The van der Waals surface area contributed by atoms with E-state index in [1.54, 1.807) is 37.3 Å². The van der Waals surface area contributed by atoms with Gasteiger partial charge < -0.3 is 29.3 Å². The number of hydrogen-bond acceptors (Lipinski definition) is 7. The lowest BCUT2D eigenvalue weighted by Gasteiger charge is -2.64. The summed E-state index contributed by atoms with van der Waals surface area (Å²) in [5.74, 6) is 2.45. The molecule has 212 valence electrons. The molecular weight excluding hydrogens is 508 g/mol. The van der Waals surface area contributed by atoms with Gasteiger partial charge in [-0.05, 0) is 86.4 Å². The van der Waals surface area contributed by atoms with Crippen molar-refractivity contribution in [2.24, 2.45) is 5.92 Å². The van der Waals surface area contributed by atoms with Crippen LogP contribution in [0, 0.1) is 5.92 Å². The second-order valence-electron chi connectivity index (χ2n) is 12.3. The molecule has 8 heteroatoms. The standard InChI is InChI=1S/C32H38N2O6/c1-33(27(36)11-7-19-6-10-24(38-2)25(16-19)39-3)22-12-13-32(37)26-17-21-8-9-23(35)29-28(21)31(32,30(22)40-29)14-15-34(26)18-20-4-5-20/h6-11,16,20,22,26,30,35,37H,4-5,12-15,17-18H2,1-3H3/b11-7+/t22?,26-,30?,31+,32-/m1/s1. The Morgan fingerprint density at radius 2 is 1.95 bits per heavy atom. The van der Waals surface area contributed by atoms with Gasteiger partial charge in [0.05, 0.1) is 31.3 Å². The normalized spacial score (nSPS) is 31.9. The molecule has 0 aromatic heterocycles. The summed E-state index contributed by atoms with van der Waals surface area (Å²) in [5, 5.41) is 23.5. The first-order chi connectivity index (χ1) is 19.3. The third-order valence-electron chi connectivity index (χ3n) is 10.4. The Morgan fingerprint density at radius 3 is 2.70 bits per heavy atom. The van der Waals surface area contributed by atoms with Gasteiger partial charge in [-0.1, -0.05) is 12.1 Å². The summed E-state index contributed by atoms with van der Waals surface area (Å²) in [6.07, 6.45) is 8.21. The van der Waals surface area contributed by atoms with Gasteiger partial charge in [0.25, 0.3) is 0 Å². The van der Waals surface area contributed by atoms with Gasteiger partial charge in [-0.15, -0.1) is 0 Å². The lowest BCUT2D eigenvalue weighted by atomic mass is 9.48. The Labute approximate surface area is 235 Å². The van der Waals surface area contributed by atoms with Crippen molar-refractivity contribution in [3.63, 3.8) is 0 Å². The average Bonchev–Trinajstić information content (AvgIpc) is 3.71. The minimum absolute atomic E-state index is 0.0165. The minimum Gasteiger partial charge on any atom is -0.504 e. The van der Waals surface area contributed by atoms with Crippen LogP contribution in [0.4, 0.5) is 0 Å². The molecule has 2 N–H and O–H groups in total. The van der Waals surface area contributed by atoms with Crippen LogP contribution in [0.3, 0.4) is 0 Å². The van der Waals surface area contributed by atoms with Crippen LogP contribution in [0.15, 0.2) is 36.4 Å². The first-order valence-corrected chi connectivity index (χ1v) is 14.5. The molecule has 1 spiro atoms. The number of benzene rings is 2. The maximum atomic E-state index is 13.5. The molecule has 0 radical (unpaired) electrons. The first-order valence-electron chi connectivity index (χ1n) is 14.5. The summed E-state index contributed by atoms with van der Waals surface area (Å²) in [4.78, 5) is 17.8. The van der Waals surface area contributed by atoms with Gasteiger partial charge in [-0.2, -0.15) is 0 Å². The number of carbonyl (C=O) groups is 1. The van der Waals surface area contributed by atoms with Crippen LogP contribution in [0.25, 0.3) is 6.08 Å². The fourth-order valence-corrected chi connectivity index (χ4v) is 8.26. The number of phenolic OH excluding ortho intramolecular Hbond substituents is 1. The Kier molecular flexibility index (Phi) is 5.88. The van der Waals surface area contributed by atoms with Crippen molar-refractivity contribution in [2.75, 3.05) is 34.4 Å². The van der Waals surface area contributed by atoms with E-state index in [0.717, 1.165) is 48.5 Å². The van der Waals surface area contributed by atoms with Crippen LogP contribution in [0.1, 0.15) is 48.8 Å². The third kappa shape index (κ3) is 3.54. The molecule has 2 aromatic rings. The number of likely N-dealkylation sites (N-methyl/N-ethyl adjacent to an activating group) is 1. The molecular formula is C32H38N2O6. The molecule has 1 saturated heterocycles. The number of ether oxygens (including phenoxy) is 3. The van der Waals surface area contributed by atoms with Gasteiger partial charge in [0.2, 0.25) is 5.91 Å². The zero-order chi connectivity index (χ0) is 27.8. The quantitative estimate of drug-likeness (QED) is 0.514. The van der Waals surface area contributed by atoms with E-state index >= 15 is 0 Å². The lowest BCUT2D eigenvalue weighted by Crippen LogP contribution is -2.78. The van der Waals surface area contributed by atoms with E-state index in [9.17, 15) is 15.0 Å². The van der Waals surface area contributed by atoms with Crippen LogP contribution >= 0.6 is 0 Å². The van der Waals surface area contributed by atoms with Crippen LogP contribution in [-0.2, 0) is 16.6 Å². The summed E-state index contributed by atoms with van der Waals surface area (Å²) in [7, 11) is 5.00. The number of aliphatic hydroxyl groups is 1. The number of aromatic hydroxyl groups is 1. The average molecular weight is 547 g/mol. The van der Waals surface area contributed by atoms with Crippen molar-refractivity contribution in [3.8, 4) is 23.0 Å². The first kappa shape index (κ1) is 25.7. The number of amides is 1. The van der Waals surface area contributed by atoms with E-state index in [1.165, 1.54) is 12.8 Å². The lowest BCUT2D eigenvalue weighted by molar-refractivity contribution is -0.200. The molecule has 2 bridgehead atoms. The van der Waals surface area contributed by atoms with Gasteiger partial charge >= 0.3 is 0 Å². The molecule has 2 saturated carbocycles. The second-order valence-corrected chi connectivity index (χ2v) is 12.3. The van der Waals surface area contributed by atoms with E-state index < -0.39 is 17.1 Å². The SMILES string of the molecule is COc1ccc(/C=C/C(=O)N(C)C2CC[C@@]3(O)[C@H]4Cc5ccc(O)c6c5[C@@]3(CCN4CC3CC3)C2O6)cc1OC. The van der Waals surface area contributed by atoms with Gasteiger partial charge in [-0.3, -0.25) is 9.69 Å². The predicted octanol–water partition coefficient (Wildman–Crippen LogP) is 3.51. The number of phenols is 1. The van der Waals surface area contributed by atoms with Crippen LogP contribution in [0.2, 0.25) is 0 Å². The van der Waals surface area contributed by atoms with Crippen LogP contribution in [0.5, 0.6) is 23.0 Å². The Hall–Kier alpha value is -3.23. The van der Waals surface area contributed by atoms with Gasteiger partial charge in [-0.25, -0.2) is 0 Å². The number of methoxy groups -OCH3 is 2. The topological polar surface area (TPSA) is 91.7 Å². The summed E-state index contributed by atoms with van der Waals surface area (Å²) in [6, 6.07) is 9.04. The van der Waals surface area contributed by atoms with E-state index in [-0.39, 0.29) is 23.7 Å². The molecule has 2 aromatic carbocycles. The van der Waals surface area contributed by atoms with Crippen molar-refractivity contribution in [2.45, 2.75) is 67.7 Å². The fraction of sp³-hybridized carbons (Fsp3) is 0.531. The molecule has 8 nitrogen and oxygen atoms in total. The number of likely N-dealkylation sites (tertiary alicyclic amines) is 1. The van der Waals surface area contributed by atoms with Crippen molar-refractivity contribution < 1.29 is 29.2 Å². The van der Waals surface area contributed by atoms with Crippen LogP contribution in [-0.4, -0.2) is 84.1 Å². The highest BCUT2D eigenvalue weighted by atomic mass is 16.5. The molecule has 1 amide bonds. The Morgan fingerprint density at radius 1 is 1.15 bits per heavy atom. The summed E-state index contributed by atoms with van der Waals surface area (Å²) < 4.78 is 17.3. The van der Waals surface area contributed by atoms with E-state index in [4.69, 9.17) is 14.2 Å². The zero-order valence-electron chi connectivity index (χ0n) is 23.4. The smallest absolute Gasteiger partial charge is 0.246 e. The number of nitrogens with zero attached hydrogens (tertiary/aromatic N) is 2. The van der Waals surface area contributed by atoms with Crippen LogP contribution < -0.4 is 14.2 Å². The van der Waals surface area contributed by atoms with E-state index in [2.05, 4.69) is 4.90 Å². The molecule has 3 fully saturated rings. The van der Waals surface area contributed by atoms with Crippen molar-refractivity contribution in [3.05, 3.63) is 53.1 Å². The summed E-state index contributed by atoms with van der Waals surface area (Å²) in [6.45, 7) is 1.93. The number of carbonyl (C=O) groups excluding carboxylic acids is 1. The Balaban J connectivity index is 1.21. The zero-order valence-corrected chi connectivity index (χ0v) is 23.4. The maximum Gasteiger partial charge on any atom is 0.246 e. The van der Waals surface area contributed by atoms with Crippen molar-refractivity contribution in [1.82, 2.24) is 9.80 Å². The maximum absolute atomic E-state index is 13.5. The molecule has 5 aliphatic rings. The van der Waals surface area contributed by atoms with Gasteiger partial charge in [0, 0.05) is 31.3 Å². The Bertz CT molecular complexity index is 1390. The van der Waals surface area contributed by atoms with E-state index in [0.29, 0.717) is 30.1 Å². The highest BCUT2D eigenvalue weighted by Crippen LogP contribution is 2.66. The van der Waals surface area contributed by atoms with Gasteiger partial charge in [0.15, 0.2) is 23.0 Å². The molecule has 7 rings (SSSR count). The molecule has 5 atom stereocenters. The van der Waals surface area contributed by atoms with E-state index in [1.807, 2.05) is 31.3 Å². The molecule has 3 aliphatic carbocycles. The molecule has 2 unspecified atom stereocenters. The largest absolute Gasteiger partial charge is 0.504 e. The number of piperidine rings is 1. The van der Waals surface area contributed by atoms with Crippen molar-refractivity contribution in [1.29, 1.82) is 0 Å². The molecule has 40 heavy (non-hydrogen) atoms. The van der Waals surface area contributed by atoms with Gasteiger partial charge in [0.1, 0.15) is 6.10 Å². The summed E-state index contributed by atoms with van der Waals surface area (Å²) >= 11 is 0. The highest BCUT2D eigenvalue weighted by Gasteiger charge is 2.73. The summed E-state index contributed by atoms with van der Waals surface area (Å²) in [5.41, 5.74) is 1.35.